The number of nitrogens with two attached hydrogens (primary N) is 1. The Morgan fingerprint density at radius 3 is 2.48 bits per heavy atom. The van der Waals surface area contributed by atoms with Crippen LogP contribution in [-0.2, 0) is 29.3 Å². The van der Waals surface area contributed by atoms with E-state index >= 15 is 0 Å². The number of urea groups is 2. The third-order valence-electron chi connectivity index (χ3n) is 6.22. The zero-order valence-electron chi connectivity index (χ0n) is 20.3. The predicted molar refractivity (Wildman–Crippen MR) is 134 cm³/mol. The molecule has 0 saturated carbocycles. The third-order valence-corrected chi connectivity index (χ3v) is 9.29. The van der Waals surface area contributed by atoms with Crippen molar-refractivity contribution in [2.45, 2.75) is 28.5 Å². The second kappa shape index (κ2) is 10.3. The van der Waals surface area contributed by atoms with Gasteiger partial charge in [0, 0.05) is 24.1 Å². The van der Waals surface area contributed by atoms with Crippen molar-refractivity contribution in [3.63, 3.8) is 0 Å². The van der Waals surface area contributed by atoms with Crippen molar-refractivity contribution in [2.75, 3.05) is 19.6 Å². The number of carboxylic acids is 1. The molecule has 1 aromatic rings. The van der Waals surface area contributed by atoms with Crippen LogP contribution in [0.3, 0.4) is 0 Å². The number of hydrogen-bond donors (Lipinski definition) is 5. The molecule has 0 spiro atoms. The number of esters is 1. The number of rotatable bonds is 8. The Kier molecular flexibility index (Phi) is 7.52. The number of amides is 6. The first-order valence-corrected chi connectivity index (χ1v) is 13.9. The van der Waals surface area contributed by atoms with E-state index in [1.165, 1.54) is 0 Å². The Labute approximate surface area is 234 Å². The highest BCUT2D eigenvalue weighted by Crippen LogP contribution is 2.49. The van der Waals surface area contributed by atoms with E-state index < -0.39 is 74.0 Å². The summed E-state index contributed by atoms with van der Waals surface area (Å²) in [5.74, 6) is -4.34. The standard InChI is InChI=1S/C20H21ClN6O11S2/c1-8(28)38-9-2-3-10(11(21)6-9)13(40(35,36)37)14(29)23-12-15(30)25-7-20(17(31)32,39-16(12)25)26-4-5-27(19(26)34)24-18(22)33/h2-3,6,12-13,16H,4-5,7H2,1H3,(H,23,29)(H,31,32)(H3,22,24,33)(H,35,36,37)/t12-,13?,16-,20-/m1/s1. The van der Waals surface area contributed by atoms with E-state index in [1.807, 2.05) is 0 Å². The van der Waals surface area contributed by atoms with Crippen molar-refractivity contribution >= 4 is 69.3 Å². The third kappa shape index (κ3) is 5.07. The molecular formula is C20H21ClN6O11S2. The van der Waals surface area contributed by atoms with Gasteiger partial charge in [-0.25, -0.2) is 24.8 Å². The van der Waals surface area contributed by atoms with Gasteiger partial charge in [0.1, 0.15) is 17.2 Å². The molecule has 0 radical (unpaired) electrons. The first-order valence-electron chi connectivity index (χ1n) is 11.2. The van der Waals surface area contributed by atoms with Crippen molar-refractivity contribution in [3.05, 3.63) is 28.8 Å². The minimum Gasteiger partial charge on any atom is -0.479 e. The lowest BCUT2D eigenvalue weighted by Crippen LogP contribution is -2.68. The van der Waals surface area contributed by atoms with Gasteiger partial charge in [0.2, 0.25) is 16.7 Å². The van der Waals surface area contributed by atoms with E-state index in [0.717, 1.165) is 39.9 Å². The van der Waals surface area contributed by atoms with Gasteiger partial charge in [-0.15, -0.1) is 0 Å². The minimum atomic E-state index is -5.15. The molecule has 1 aromatic carbocycles. The Hall–Kier alpha value is -3.81. The summed E-state index contributed by atoms with van der Waals surface area (Å²) in [7, 11) is -5.15. The molecule has 4 atom stereocenters. The van der Waals surface area contributed by atoms with Crippen LogP contribution in [0.5, 0.6) is 5.75 Å². The Morgan fingerprint density at radius 1 is 1.25 bits per heavy atom. The SMILES string of the molecule is CC(=O)Oc1ccc(C(C(=O)N[C@@H]2C(=O)N3C[C@@](C(=O)O)(N4CCN(NC(N)=O)C4=O)S[C@H]23)S(=O)(=O)O)c(Cl)c1. The molecule has 3 heterocycles. The summed E-state index contributed by atoms with van der Waals surface area (Å²) in [6, 6.07) is -0.116. The van der Waals surface area contributed by atoms with Gasteiger partial charge < -0.3 is 25.8 Å². The van der Waals surface area contributed by atoms with Gasteiger partial charge in [-0.2, -0.15) is 8.42 Å². The molecule has 3 saturated heterocycles. The first kappa shape index (κ1) is 29.2. The van der Waals surface area contributed by atoms with Crippen LogP contribution in [-0.4, -0.2) is 105 Å². The predicted octanol–water partition coefficient (Wildman–Crippen LogP) is -1.30. The fourth-order valence-corrected chi connectivity index (χ4v) is 7.38. The van der Waals surface area contributed by atoms with Crippen LogP contribution in [0.15, 0.2) is 18.2 Å². The molecule has 4 rings (SSSR count). The van der Waals surface area contributed by atoms with Crippen LogP contribution in [0.4, 0.5) is 9.59 Å². The van der Waals surface area contributed by atoms with Gasteiger partial charge in [-0.05, 0) is 12.1 Å². The monoisotopic (exact) mass is 620 g/mol. The van der Waals surface area contributed by atoms with Crippen molar-refractivity contribution < 1.29 is 51.6 Å². The lowest BCUT2D eigenvalue weighted by Gasteiger charge is -2.41. The number of nitrogens with zero attached hydrogens (tertiary/aromatic N) is 3. The van der Waals surface area contributed by atoms with Crippen molar-refractivity contribution in [2.24, 2.45) is 5.73 Å². The van der Waals surface area contributed by atoms with Gasteiger partial charge in [-0.1, -0.05) is 29.4 Å². The molecule has 216 valence electrons. The average molecular weight is 621 g/mol. The van der Waals surface area contributed by atoms with E-state index in [9.17, 15) is 46.8 Å². The number of thioether (sulfide) groups is 1. The molecule has 3 aliphatic heterocycles. The van der Waals surface area contributed by atoms with Crippen LogP contribution in [0.2, 0.25) is 5.02 Å². The molecule has 6 N–H and O–H groups in total. The Morgan fingerprint density at radius 2 is 1.93 bits per heavy atom. The lowest BCUT2D eigenvalue weighted by molar-refractivity contribution is -0.151. The Balaban J connectivity index is 1.55. The van der Waals surface area contributed by atoms with E-state index in [2.05, 4.69) is 10.7 Å². The van der Waals surface area contributed by atoms with Crippen LogP contribution in [0, 0.1) is 0 Å². The molecule has 0 bridgehead atoms. The normalized spacial score (nSPS) is 24.7. The zero-order chi connectivity index (χ0) is 29.7. The van der Waals surface area contributed by atoms with Gasteiger partial charge in [-0.3, -0.25) is 23.8 Å². The number of primary amides is 1. The van der Waals surface area contributed by atoms with Gasteiger partial charge in [0.15, 0.2) is 5.25 Å². The second-order valence-electron chi connectivity index (χ2n) is 8.78. The number of hydrazine groups is 1. The molecule has 3 fully saturated rings. The summed E-state index contributed by atoms with van der Waals surface area (Å²) in [5.41, 5.74) is 6.71. The summed E-state index contributed by atoms with van der Waals surface area (Å²) in [6.07, 6.45) is 0. The minimum absolute atomic E-state index is 0.0611. The van der Waals surface area contributed by atoms with E-state index in [0.29, 0.717) is 11.8 Å². The van der Waals surface area contributed by atoms with Gasteiger partial charge in [0.05, 0.1) is 13.1 Å². The summed E-state index contributed by atoms with van der Waals surface area (Å²) in [4.78, 5) is 73.4. The quantitative estimate of drug-likeness (QED) is 0.0984. The molecule has 3 aliphatic rings. The summed E-state index contributed by atoms with van der Waals surface area (Å²) in [5, 5.41) is 9.42. The second-order valence-corrected chi connectivity index (χ2v) is 12.1. The van der Waals surface area contributed by atoms with Crippen LogP contribution in [0.1, 0.15) is 17.7 Å². The number of hydrogen-bond acceptors (Lipinski definition) is 10. The maximum atomic E-state index is 13.1. The summed E-state index contributed by atoms with van der Waals surface area (Å²) >= 11 is 6.75. The molecule has 1 unspecified atom stereocenters. The molecule has 0 aliphatic carbocycles. The summed E-state index contributed by atoms with van der Waals surface area (Å²) < 4.78 is 39.0. The number of benzene rings is 1. The number of aliphatic carboxylic acids is 1. The van der Waals surface area contributed by atoms with E-state index in [4.69, 9.17) is 22.1 Å². The number of ether oxygens (including phenoxy) is 1. The molecular weight excluding hydrogens is 600 g/mol. The highest BCUT2D eigenvalue weighted by Gasteiger charge is 2.66. The number of carbonyl (C=O) groups is 6. The highest BCUT2D eigenvalue weighted by atomic mass is 35.5. The van der Waals surface area contributed by atoms with Crippen LogP contribution >= 0.6 is 23.4 Å². The molecule has 6 amide bonds. The molecule has 20 heteroatoms. The lowest BCUT2D eigenvalue weighted by atomic mass is 10.0. The molecule has 0 aromatic heterocycles. The number of β-lactam (4-membered cyclic amide) rings is 1. The average Bonchev–Trinajstić information content (AvgIpc) is 3.37. The van der Waals surface area contributed by atoms with Gasteiger partial charge >= 0.3 is 24.0 Å². The first-order chi connectivity index (χ1) is 18.6. The number of fused-ring (bicyclic) bond motifs is 1. The fourth-order valence-electron chi connectivity index (χ4n) is 4.53. The number of halogens is 1. The number of carbonyl (C=O) groups excluding carboxylic acids is 5. The van der Waals surface area contributed by atoms with Crippen LogP contribution in [0.25, 0.3) is 0 Å². The van der Waals surface area contributed by atoms with Crippen molar-refractivity contribution in [1.82, 2.24) is 25.6 Å². The maximum Gasteiger partial charge on any atom is 0.342 e. The number of carboxylic acid groups (broad SMARTS) is 1. The number of nitrogens with one attached hydrogen (secondary N) is 2. The zero-order valence-corrected chi connectivity index (χ0v) is 22.7. The van der Waals surface area contributed by atoms with Crippen LogP contribution < -0.4 is 21.2 Å². The molecule has 40 heavy (non-hydrogen) atoms. The highest BCUT2D eigenvalue weighted by molar-refractivity contribution is 8.02. The summed E-state index contributed by atoms with van der Waals surface area (Å²) in [6.45, 7) is 0.410. The maximum absolute atomic E-state index is 13.1. The van der Waals surface area contributed by atoms with E-state index in [1.54, 1.807) is 0 Å². The largest absolute Gasteiger partial charge is 0.479 e. The smallest absolute Gasteiger partial charge is 0.342 e. The van der Waals surface area contributed by atoms with Crippen molar-refractivity contribution in [1.29, 1.82) is 0 Å². The molecule has 17 nitrogen and oxygen atoms in total. The van der Waals surface area contributed by atoms with E-state index in [-0.39, 0.29) is 29.4 Å². The van der Waals surface area contributed by atoms with Gasteiger partial charge in [0.25, 0.3) is 10.1 Å². The Bertz CT molecular complexity index is 1440. The fraction of sp³-hybridized carbons (Fsp3) is 0.400. The topological polar surface area (TPSA) is 246 Å². The van der Waals surface area contributed by atoms with Crippen molar-refractivity contribution in [3.8, 4) is 5.75 Å².